The molecule has 0 radical (unpaired) electrons. The standard InChI is InChI=1S/C21H17ClN4O2/c1-13(25-20(27)17-11-23-12-24-17)18-10-14-6-5-9-16(22)19(14)21(28)26(18)15-7-3-2-4-8-15/h2-13H,1H3,(H,23,24)(H,25,27)/t13-/m0/s1. The minimum Gasteiger partial charge on any atom is -0.343 e. The molecule has 140 valence electrons. The van der Waals surface area contributed by atoms with E-state index >= 15 is 0 Å². The zero-order valence-corrected chi connectivity index (χ0v) is 15.8. The van der Waals surface area contributed by atoms with Gasteiger partial charge in [0.1, 0.15) is 5.69 Å². The third-order valence-corrected chi connectivity index (χ3v) is 4.89. The summed E-state index contributed by atoms with van der Waals surface area (Å²) in [6.45, 7) is 1.83. The van der Waals surface area contributed by atoms with Crippen molar-refractivity contribution in [1.29, 1.82) is 0 Å². The van der Waals surface area contributed by atoms with E-state index in [0.29, 0.717) is 27.5 Å². The van der Waals surface area contributed by atoms with Crippen molar-refractivity contribution in [1.82, 2.24) is 19.9 Å². The van der Waals surface area contributed by atoms with E-state index in [0.717, 1.165) is 5.39 Å². The summed E-state index contributed by atoms with van der Waals surface area (Å²) in [6.07, 6.45) is 2.89. The van der Waals surface area contributed by atoms with Crippen LogP contribution >= 0.6 is 11.6 Å². The summed E-state index contributed by atoms with van der Waals surface area (Å²) in [7, 11) is 0. The Morgan fingerprint density at radius 1 is 1.18 bits per heavy atom. The molecule has 28 heavy (non-hydrogen) atoms. The van der Waals surface area contributed by atoms with Crippen LogP contribution in [-0.4, -0.2) is 20.4 Å². The number of aromatic nitrogens is 3. The van der Waals surface area contributed by atoms with Gasteiger partial charge in [-0.15, -0.1) is 0 Å². The number of hydrogen-bond acceptors (Lipinski definition) is 3. The number of amides is 1. The Balaban J connectivity index is 1.89. The third-order valence-electron chi connectivity index (χ3n) is 4.57. The van der Waals surface area contributed by atoms with Gasteiger partial charge in [0.2, 0.25) is 0 Å². The molecule has 2 N–H and O–H groups in total. The monoisotopic (exact) mass is 392 g/mol. The summed E-state index contributed by atoms with van der Waals surface area (Å²) in [4.78, 5) is 32.4. The van der Waals surface area contributed by atoms with Gasteiger partial charge in [0.25, 0.3) is 11.5 Å². The molecule has 0 saturated carbocycles. The van der Waals surface area contributed by atoms with Gasteiger partial charge in [-0.25, -0.2) is 4.98 Å². The van der Waals surface area contributed by atoms with E-state index in [1.807, 2.05) is 49.4 Å². The molecule has 0 fully saturated rings. The number of hydrogen-bond donors (Lipinski definition) is 2. The van der Waals surface area contributed by atoms with Crippen molar-refractivity contribution in [2.24, 2.45) is 0 Å². The van der Waals surface area contributed by atoms with Crippen molar-refractivity contribution in [3.63, 3.8) is 0 Å². The number of aromatic amines is 1. The first-order chi connectivity index (χ1) is 13.6. The number of H-pyrrole nitrogens is 1. The predicted octanol–water partition coefficient (Wildman–Crippen LogP) is 3.86. The molecule has 4 aromatic rings. The van der Waals surface area contributed by atoms with Crippen molar-refractivity contribution in [2.75, 3.05) is 0 Å². The molecule has 7 heteroatoms. The van der Waals surface area contributed by atoms with Crippen LogP contribution in [0.15, 0.2) is 71.9 Å². The maximum Gasteiger partial charge on any atom is 0.269 e. The van der Waals surface area contributed by atoms with Crippen molar-refractivity contribution >= 4 is 28.3 Å². The van der Waals surface area contributed by atoms with Crippen LogP contribution in [0.2, 0.25) is 5.02 Å². The fourth-order valence-corrected chi connectivity index (χ4v) is 3.49. The van der Waals surface area contributed by atoms with Crippen molar-refractivity contribution in [2.45, 2.75) is 13.0 Å². The minimum absolute atomic E-state index is 0.230. The van der Waals surface area contributed by atoms with Crippen LogP contribution in [-0.2, 0) is 0 Å². The zero-order chi connectivity index (χ0) is 19.7. The van der Waals surface area contributed by atoms with Crippen LogP contribution in [0, 0.1) is 0 Å². The highest BCUT2D eigenvalue weighted by Crippen LogP contribution is 2.25. The molecule has 0 spiro atoms. The lowest BCUT2D eigenvalue weighted by molar-refractivity contribution is 0.0934. The topological polar surface area (TPSA) is 79.8 Å². The summed E-state index contributed by atoms with van der Waals surface area (Å²) in [6, 6.07) is 16.1. The van der Waals surface area contributed by atoms with E-state index in [1.165, 1.54) is 12.5 Å². The van der Waals surface area contributed by atoms with Crippen molar-refractivity contribution < 1.29 is 4.79 Å². The molecule has 6 nitrogen and oxygen atoms in total. The molecule has 0 aliphatic heterocycles. The maximum absolute atomic E-state index is 13.3. The first kappa shape index (κ1) is 18.0. The number of carbonyl (C=O) groups excluding carboxylic acids is 1. The molecule has 1 atom stereocenters. The minimum atomic E-state index is -0.438. The van der Waals surface area contributed by atoms with Gasteiger partial charge in [-0.3, -0.25) is 14.2 Å². The van der Waals surface area contributed by atoms with E-state index in [4.69, 9.17) is 11.6 Å². The van der Waals surface area contributed by atoms with E-state index in [1.54, 1.807) is 16.7 Å². The van der Waals surface area contributed by atoms with Gasteiger partial charge >= 0.3 is 0 Å². The molecule has 2 aromatic heterocycles. The van der Waals surface area contributed by atoms with Gasteiger partial charge in [0.15, 0.2) is 0 Å². The second-order valence-corrected chi connectivity index (χ2v) is 6.82. The maximum atomic E-state index is 13.3. The fraction of sp³-hybridized carbons (Fsp3) is 0.0952. The summed E-state index contributed by atoms with van der Waals surface area (Å²) in [5, 5.41) is 4.48. The highest BCUT2D eigenvalue weighted by molar-refractivity contribution is 6.35. The van der Waals surface area contributed by atoms with Gasteiger partial charge < -0.3 is 10.3 Å². The normalized spacial score (nSPS) is 12.1. The van der Waals surface area contributed by atoms with Crippen LogP contribution in [0.4, 0.5) is 0 Å². The molecule has 2 aromatic carbocycles. The quantitative estimate of drug-likeness (QED) is 0.553. The number of benzene rings is 2. The van der Waals surface area contributed by atoms with Crippen molar-refractivity contribution in [3.8, 4) is 5.69 Å². The SMILES string of the molecule is C[C@H](NC(=O)c1cnc[nH]1)c1cc2cccc(Cl)c2c(=O)n1-c1ccccc1. The van der Waals surface area contributed by atoms with Gasteiger partial charge in [-0.1, -0.05) is 41.9 Å². The molecular formula is C21H17ClN4O2. The Kier molecular flexibility index (Phi) is 4.71. The smallest absolute Gasteiger partial charge is 0.269 e. The molecule has 1 amide bonds. The Bertz CT molecular complexity index is 1200. The summed E-state index contributed by atoms with van der Waals surface area (Å²) >= 11 is 6.31. The Labute approximate surface area is 165 Å². The van der Waals surface area contributed by atoms with E-state index < -0.39 is 6.04 Å². The van der Waals surface area contributed by atoms with Gasteiger partial charge in [0.05, 0.1) is 29.0 Å². The Morgan fingerprint density at radius 3 is 2.68 bits per heavy atom. The Hall–Kier alpha value is -3.38. The predicted molar refractivity (Wildman–Crippen MR) is 109 cm³/mol. The van der Waals surface area contributed by atoms with Crippen LogP contribution in [0.3, 0.4) is 0 Å². The largest absolute Gasteiger partial charge is 0.343 e. The van der Waals surface area contributed by atoms with Gasteiger partial charge in [0, 0.05) is 11.4 Å². The van der Waals surface area contributed by atoms with E-state index in [2.05, 4.69) is 15.3 Å². The number of para-hydroxylation sites is 1. The fourth-order valence-electron chi connectivity index (χ4n) is 3.23. The molecule has 4 rings (SSSR count). The Morgan fingerprint density at radius 2 is 1.96 bits per heavy atom. The molecule has 2 heterocycles. The zero-order valence-electron chi connectivity index (χ0n) is 15.0. The third kappa shape index (κ3) is 3.18. The summed E-state index contributed by atoms with van der Waals surface area (Å²) in [5.41, 5.74) is 1.47. The molecular weight excluding hydrogens is 376 g/mol. The second kappa shape index (κ2) is 7.32. The lowest BCUT2D eigenvalue weighted by Gasteiger charge is -2.21. The van der Waals surface area contributed by atoms with Crippen molar-refractivity contribution in [3.05, 3.63) is 93.9 Å². The number of fused-ring (bicyclic) bond motifs is 1. The lowest BCUT2D eigenvalue weighted by atomic mass is 10.1. The number of nitrogens with zero attached hydrogens (tertiary/aromatic N) is 2. The summed E-state index contributed by atoms with van der Waals surface area (Å²) < 4.78 is 1.59. The number of pyridine rings is 1. The van der Waals surface area contributed by atoms with Crippen LogP contribution in [0.5, 0.6) is 0 Å². The van der Waals surface area contributed by atoms with Gasteiger partial charge in [-0.05, 0) is 36.6 Å². The number of carbonyl (C=O) groups is 1. The molecule has 0 bridgehead atoms. The average molecular weight is 393 g/mol. The van der Waals surface area contributed by atoms with E-state index in [9.17, 15) is 9.59 Å². The number of halogens is 1. The van der Waals surface area contributed by atoms with E-state index in [-0.39, 0.29) is 11.5 Å². The molecule has 0 aliphatic rings. The second-order valence-electron chi connectivity index (χ2n) is 6.41. The number of imidazole rings is 1. The average Bonchev–Trinajstić information content (AvgIpc) is 3.23. The van der Waals surface area contributed by atoms with Crippen LogP contribution in [0.1, 0.15) is 29.1 Å². The molecule has 0 unspecified atom stereocenters. The highest BCUT2D eigenvalue weighted by atomic mass is 35.5. The summed E-state index contributed by atoms with van der Waals surface area (Å²) in [5.74, 6) is -0.303. The lowest BCUT2D eigenvalue weighted by Crippen LogP contribution is -2.32. The van der Waals surface area contributed by atoms with Gasteiger partial charge in [-0.2, -0.15) is 0 Å². The molecule has 0 saturated heterocycles. The van der Waals surface area contributed by atoms with Crippen LogP contribution in [0.25, 0.3) is 16.5 Å². The number of rotatable bonds is 4. The van der Waals surface area contributed by atoms with Crippen LogP contribution < -0.4 is 10.9 Å². The molecule has 0 aliphatic carbocycles. The first-order valence-electron chi connectivity index (χ1n) is 8.75. The highest BCUT2D eigenvalue weighted by Gasteiger charge is 2.20. The first-order valence-corrected chi connectivity index (χ1v) is 9.13. The number of nitrogens with one attached hydrogen (secondary N) is 2.